The van der Waals surface area contributed by atoms with Crippen LogP contribution in [-0.4, -0.2) is 4.98 Å². The first-order valence-electron chi connectivity index (χ1n) is 3.68. The number of hydrogen-bond acceptors (Lipinski definition) is 2. The lowest BCUT2D eigenvalue weighted by molar-refractivity contribution is 1.09. The molecule has 1 saturated carbocycles. The van der Waals surface area contributed by atoms with Gasteiger partial charge in [-0.25, -0.2) is 0 Å². The molecule has 0 bridgehead atoms. The molecule has 0 aliphatic heterocycles. The van der Waals surface area contributed by atoms with Crippen molar-refractivity contribution >= 4 is 0 Å². The van der Waals surface area contributed by atoms with Gasteiger partial charge in [0.05, 0.1) is 11.8 Å². The number of nitrogens with zero attached hydrogens (tertiary/aromatic N) is 2. The molecule has 1 aromatic rings. The van der Waals surface area contributed by atoms with E-state index in [0.29, 0.717) is 11.5 Å². The standard InChI is InChI=1S/C9H7N2/c10-5-8-6-11-4-3-9(8)7-1-2-7/h3,6-7H,1-2H2. The quantitative estimate of drug-likeness (QED) is 0.599. The maximum atomic E-state index is 8.69. The third-order valence-corrected chi connectivity index (χ3v) is 1.94. The predicted octanol–water partition coefficient (Wildman–Crippen LogP) is 1.63. The molecule has 0 N–H and O–H groups in total. The van der Waals surface area contributed by atoms with Gasteiger partial charge in [-0.15, -0.1) is 0 Å². The zero-order chi connectivity index (χ0) is 7.68. The number of pyridine rings is 1. The monoisotopic (exact) mass is 143 g/mol. The van der Waals surface area contributed by atoms with E-state index in [1.807, 2.05) is 6.07 Å². The van der Waals surface area contributed by atoms with Crippen LogP contribution in [0, 0.1) is 17.5 Å². The first-order valence-corrected chi connectivity index (χ1v) is 3.68. The average Bonchev–Trinajstić information content (AvgIpc) is 2.87. The molecular formula is C9H7N2. The van der Waals surface area contributed by atoms with Gasteiger partial charge in [-0.3, -0.25) is 4.98 Å². The molecule has 0 atom stereocenters. The van der Waals surface area contributed by atoms with Crippen LogP contribution >= 0.6 is 0 Å². The zero-order valence-electron chi connectivity index (χ0n) is 6.04. The Hall–Kier alpha value is -1.36. The van der Waals surface area contributed by atoms with E-state index in [4.69, 9.17) is 5.26 Å². The zero-order valence-corrected chi connectivity index (χ0v) is 6.04. The Morgan fingerprint density at radius 2 is 2.45 bits per heavy atom. The van der Waals surface area contributed by atoms with Crippen LogP contribution in [0.3, 0.4) is 0 Å². The van der Waals surface area contributed by atoms with E-state index in [-0.39, 0.29) is 0 Å². The van der Waals surface area contributed by atoms with E-state index in [9.17, 15) is 0 Å². The van der Waals surface area contributed by atoms with Gasteiger partial charge in [-0.1, -0.05) is 0 Å². The summed E-state index contributed by atoms with van der Waals surface area (Å²) in [7, 11) is 0. The summed E-state index contributed by atoms with van der Waals surface area (Å²) >= 11 is 0. The molecule has 0 amide bonds. The molecule has 1 aromatic heterocycles. The van der Waals surface area contributed by atoms with Crippen LogP contribution in [0.2, 0.25) is 0 Å². The summed E-state index contributed by atoms with van der Waals surface area (Å²) in [4.78, 5) is 3.78. The molecule has 11 heavy (non-hydrogen) atoms. The normalized spacial score (nSPS) is 15.9. The molecule has 2 heteroatoms. The van der Waals surface area contributed by atoms with E-state index >= 15 is 0 Å². The van der Waals surface area contributed by atoms with Crippen LogP contribution < -0.4 is 0 Å². The SMILES string of the molecule is N#Cc1cn[c]cc1C1CC1. The Bertz CT molecular complexity index is 308. The van der Waals surface area contributed by atoms with Crippen molar-refractivity contribution in [3.8, 4) is 6.07 Å². The van der Waals surface area contributed by atoms with Crippen molar-refractivity contribution in [2.45, 2.75) is 18.8 Å². The molecule has 2 rings (SSSR count). The van der Waals surface area contributed by atoms with Crippen LogP contribution in [-0.2, 0) is 0 Å². The number of rotatable bonds is 1. The predicted molar refractivity (Wildman–Crippen MR) is 39.8 cm³/mol. The van der Waals surface area contributed by atoms with Crippen molar-refractivity contribution in [1.29, 1.82) is 5.26 Å². The molecule has 1 aliphatic carbocycles. The van der Waals surface area contributed by atoms with Crippen molar-refractivity contribution in [3.63, 3.8) is 0 Å². The molecule has 1 radical (unpaired) electrons. The van der Waals surface area contributed by atoms with E-state index in [0.717, 1.165) is 5.56 Å². The van der Waals surface area contributed by atoms with Gasteiger partial charge in [0.2, 0.25) is 0 Å². The summed E-state index contributed by atoms with van der Waals surface area (Å²) in [6, 6.07) is 3.96. The van der Waals surface area contributed by atoms with Gasteiger partial charge in [0, 0.05) is 6.20 Å². The van der Waals surface area contributed by atoms with Crippen LogP contribution in [0.1, 0.15) is 29.9 Å². The maximum Gasteiger partial charge on any atom is 0.101 e. The lowest BCUT2D eigenvalue weighted by Gasteiger charge is -1.96. The number of nitriles is 1. The maximum absolute atomic E-state index is 8.69. The van der Waals surface area contributed by atoms with Gasteiger partial charge < -0.3 is 0 Å². The molecule has 0 unspecified atom stereocenters. The first kappa shape index (κ1) is 6.36. The Balaban J connectivity index is 2.44. The van der Waals surface area contributed by atoms with E-state index in [1.165, 1.54) is 12.8 Å². The van der Waals surface area contributed by atoms with Gasteiger partial charge in [-0.05, 0) is 30.4 Å². The minimum atomic E-state index is 0.615. The molecule has 53 valence electrons. The fourth-order valence-corrected chi connectivity index (χ4v) is 1.19. The van der Waals surface area contributed by atoms with Crippen LogP contribution in [0.4, 0.5) is 0 Å². The molecule has 1 aliphatic rings. The summed E-state index contributed by atoms with van der Waals surface area (Å²) in [5.74, 6) is 0.615. The minimum Gasteiger partial charge on any atom is -0.253 e. The summed E-state index contributed by atoms with van der Waals surface area (Å²) in [6.45, 7) is 0. The topological polar surface area (TPSA) is 36.7 Å². The van der Waals surface area contributed by atoms with E-state index < -0.39 is 0 Å². The largest absolute Gasteiger partial charge is 0.253 e. The summed E-state index contributed by atoms with van der Waals surface area (Å²) in [5.41, 5.74) is 1.84. The molecule has 1 heterocycles. The molecule has 2 nitrogen and oxygen atoms in total. The molecule has 1 fully saturated rings. The highest BCUT2D eigenvalue weighted by Gasteiger charge is 2.25. The Labute approximate surface area is 65.5 Å². The minimum absolute atomic E-state index is 0.615. The van der Waals surface area contributed by atoms with Crippen molar-refractivity contribution < 1.29 is 0 Å². The Morgan fingerprint density at radius 3 is 3.09 bits per heavy atom. The van der Waals surface area contributed by atoms with Gasteiger partial charge in [0.25, 0.3) is 0 Å². The molecule has 0 spiro atoms. The van der Waals surface area contributed by atoms with Crippen LogP contribution in [0.15, 0.2) is 12.3 Å². The lowest BCUT2D eigenvalue weighted by Crippen LogP contribution is -1.87. The van der Waals surface area contributed by atoms with Gasteiger partial charge in [-0.2, -0.15) is 5.26 Å². The van der Waals surface area contributed by atoms with Crippen molar-refractivity contribution in [2.24, 2.45) is 0 Å². The second kappa shape index (κ2) is 2.35. The first-order chi connectivity index (χ1) is 5.42. The van der Waals surface area contributed by atoms with Crippen molar-refractivity contribution in [1.82, 2.24) is 4.98 Å². The van der Waals surface area contributed by atoms with Crippen LogP contribution in [0.25, 0.3) is 0 Å². The Morgan fingerprint density at radius 1 is 1.64 bits per heavy atom. The molecule has 0 saturated heterocycles. The smallest absolute Gasteiger partial charge is 0.101 e. The number of hydrogen-bond donors (Lipinski definition) is 0. The van der Waals surface area contributed by atoms with Crippen molar-refractivity contribution in [2.75, 3.05) is 0 Å². The fraction of sp³-hybridized carbons (Fsp3) is 0.333. The Kier molecular flexibility index (Phi) is 1.36. The summed E-state index contributed by atoms with van der Waals surface area (Å²) in [6.07, 6.45) is 6.78. The van der Waals surface area contributed by atoms with Crippen molar-refractivity contribution in [3.05, 3.63) is 29.6 Å². The third kappa shape index (κ3) is 1.10. The van der Waals surface area contributed by atoms with Gasteiger partial charge in [0.15, 0.2) is 0 Å². The van der Waals surface area contributed by atoms with E-state index in [2.05, 4.69) is 17.3 Å². The van der Waals surface area contributed by atoms with Gasteiger partial charge >= 0.3 is 0 Å². The average molecular weight is 143 g/mol. The second-order valence-corrected chi connectivity index (χ2v) is 2.79. The van der Waals surface area contributed by atoms with Gasteiger partial charge in [0.1, 0.15) is 6.07 Å². The van der Waals surface area contributed by atoms with Crippen LogP contribution in [0.5, 0.6) is 0 Å². The summed E-state index contributed by atoms with van der Waals surface area (Å²) < 4.78 is 0. The molecule has 0 aromatic carbocycles. The van der Waals surface area contributed by atoms with E-state index in [1.54, 1.807) is 6.20 Å². The highest BCUT2D eigenvalue weighted by atomic mass is 14.6. The lowest BCUT2D eigenvalue weighted by atomic mass is 10.1. The second-order valence-electron chi connectivity index (χ2n) is 2.79. The third-order valence-electron chi connectivity index (χ3n) is 1.94. The fourth-order valence-electron chi connectivity index (χ4n) is 1.19. The summed E-state index contributed by atoms with van der Waals surface area (Å²) in [5, 5.41) is 8.69. The number of aromatic nitrogens is 1. The molecular weight excluding hydrogens is 136 g/mol. The highest BCUT2D eigenvalue weighted by Crippen LogP contribution is 2.40. The highest BCUT2D eigenvalue weighted by molar-refractivity contribution is 5.38.